The van der Waals surface area contributed by atoms with E-state index in [1.54, 1.807) is 4.90 Å². The number of aryl methyl sites for hydroxylation is 1. The van der Waals surface area contributed by atoms with E-state index < -0.39 is 0 Å². The number of nitrogens with zero attached hydrogens (tertiary/aromatic N) is 2. The highest BCUT2D eigenvalue weighted by Gasteiger charge is 2.36. The van der Waals surface area contributed by atoms with E-state index in [2.05, 4.69) is 17.0 Å². The molecule has 1 aliphatic rings. The van der Waals surface area contributed by atoms with Crippen molar-refractivity contribution in [3.8, 4) is 0 Å². The van der Waals surface area contributed by atoms with Gasteiger partial charge in [-0.1, -0.05) is 17.7 Å². The largest absolute Gasteiger partial charge is 0.396 e. The Labute approximate surface area is 114 Å². The van der Waals surface area contributed by atoms with Gasteiger partial charge in [0.15, 0.2) is 0 Å². The number of amides is 1. The maximum absolute atomic E-state index is 12.3. The Hall–Kier alpha value is -1.55. The fourth-order valence-electron chi connectivity index (χ4n) is 2.54. The van der Waals surface area contributed by atoms with Gasteiger partial charge in [0.25, 0.3) is 0 Å². The molecule has 4 nitrogen and oxygen atoms in total. The average Bonchev–Trinajstić information content (AvgIpc) is 2.40. The van der Waals surface area contributed by atoms with Crippen molar-refractivity contribution in [3.05, 3.63) is 29.8 Å². The Morgan fingerprint density at radius 2 is 1.95 bits per heavy atom. The van der Waals surface area contributed by atoms with E-state index in [0.717, 1.165) is 12.2 Å². The summed E-state index contributed by atoms with van der Waals surface area (Å²) in [5, 5.41) is 9.20. The Bertz CT molecular complexity index is 444. The predicted molar refractivity (Wildman–Crippen MR) is 76.2 cm³/mol. The molecule has 104 valence electrons. The lowest BCUT2D eigenvalue weighted by Crippen LogP contribution is -2.60. The molecule has 1 heterocycles. The van der Waals surface area contributed by atoms with Crippen molar-refractivity contribution in [2.24, 2.45) is 0 Å². The first kappa shape index (κ1) is 13.9. The van der Waals surface area contributed by atoms with Crippen molar-refractivity contribution in [1.82, 2.24) is 4.90 Å². The number of hydrogen-bond donors (Lipinski definition) is 1. The molecule has 1 aromatic carbocycles. The molecule has 0 aliphatic carbocycles. The van der Waals surface area contributed by atoms with Crippen LogP contribution in [0.25, 0.3) is 0 Å². The van der Waals surface area contributed by atoms with Crippen LogP contribution in [0.4, 0.5) is 5.69 Å². The number of aliphatic hydroxyl groups is 1. The molecule has 1 fully saturated rings. The van der Waals surface area contributed by atoms with Gasteiger partial charge in [0, 0.05) is 31.9 Å². The summed E-state index contributed by atoms with van der Waals surface area (Å²) in [6.45, 7) is 4.93. The fraction of sp³-hybridized carbons (Fsp3) is 0.533. The molecule has 0 radical (unpaired) electrons. The quantitative estimate of drug-likeness (QED) is 0.896. The number of benzene rings is 1. The maximum Gasteiger partial charge on any atom is 0.245 e. The van der Waals surface area contributed by atoms with E-state index in [0.29, 0.717) is 6.42 Å². The second-order valence-corrected chi connectivity index (χ2v) is 5.31. The summed E-state index contributed by atoms with van der Waals surface area (Å²) in [5.41, 5.74) is 2.26. The number of anilines is 1. The normalized spacial score (nSPS) is 23.9. The van der Waals surface area contributed by atoms with Crippen LogP contribution in [-0.2, 0) is 4.79 Å². The van der Waals surface area contributed by atoms with Crippen LogP contribution in [0.15, 0.2) is 24.3 Å². The number of rotatable bonds is 3. The van der Waals surface area contributed by atoms with Crippen LogP contribution in [0.1, 0.15) is 18.9 Å². The molecule has 1 N–H and O–H groups in total. The smallest absolute Gasteiger partial charge is 0.245 e. The van der Waals surface area contributed by atoms with Gasteiger partial charge in [-0.2, -0.15) is 0 Å². The molecule has 1 aliphatic heterocycles. The molecular weight excluding hydrogens is 240 g/mol. The van der Waals surface area contributed by atoms with Gasteiger partial charge in [-0.15, -0.1) is 0 Å². The van der Waals surface area contributed by atoms with Crippen molar-refractivity contribution < 1.29 is 9.90 Å². The first-order chi connectivity index (χ1) is 9.04. The highest BCUT2D eigenvalue weighted by atomic mass is 16.3. The zero-order chi connectivity index (χ0) is 14.0. The van der Waals surface area contributed by atoms with Crippen LogP contribution < -0.4 is 4.90 Å². The summed E-state index contributed by atoms with van der Waals surface area (Å²) in [5.74, 6) is 0.0911. The second kappa shape index (κ2) is 5.61. The van der Waals surface area contributed by atoms with Crippen LogP contribution in [0.2, 0.25) is 0 Å². The van der Waals surface area contributed by atoms with Gasteiger partial charge in [0.1, 0.15) is 6.04 Å². The zero-order valence-corrected chi connectivity index (χ0v) is 11.8. The van der Waals surface area contributed by atoms with Crippen LogP contribution >= 0.6 is 0 Å². The molecule has 2 rings (SSSR count). The molecule has 2 unspecified atom stereocenters. The Kier molecular flexibility index (Phi) is 4.10. The first-order valence-electron chi connectivity index (χ1n) is 6.75. The summed E-state index contributed by atoms with van der Waals surface area (Å²) >= 11 is 0. The van der Waals surface area contributed by atoms with Gasteiger partial charge in [-0.05, 0) is 32.4 Å². The third kappa shape index (κ3) is 2.73. The Morgan fingerprint density at radius 1 is 1.32 bits per heavy atom. The number of likely N-dealkylation sites (N-methyl/N-ethyl adjacent to an activating group) is 1. The maximum atomic E-state index is 12.3. The highest BCUT2D eigenvalue weighted by molar-refractivity contribution is 5.86. The summed E-state index contributed by atoms with van der Waals surface area (Å²) in [7, 11) is 1.84. The van der Waals surface area contributed by atoms with Crippen molar-refractivity contribution >= 4 is 11.6 Å². The summed E-state index contributed by atoms with van der Waals surface area (Å²) in [4.78, 5) is 16.2. The van der Waals surface area contributed by atoms with Crippen LogP contribution in [0.5, 0.6) is 0 Å². The number of carbonyl (C=O) groups excluding carboxylic acids is 1. The third-order valence-electron chi connectivity index (χ3n) is 3.90. The summed E-state index contributed by atoms with van der Waals surface area (Å²) < 4.78 is 0. The third-order valence-corrected chi connectivity index (χ3v) is 3.90. The number of aliphatic hydroxyl groups excluding tert-OH is 1. The van der Waals surface area contributed by atoms with Crippen LogP contribution in [-0.4, -0.2) is 48.2 Å². The molecule has 1 saturated heterocycles. The van der Waals surface area contributed by atoms with Crippen molar-refractivity contribution in [1.29, 1.82) is 0 Å². The standard InChI is InChI=1S/C15H22N2O2/c1-11-4-6-13(7-5-11)17-10-12(2)16(3)15(19)14(17)8-9-18/h4-7,12,14,18H,8-10H2,1-3H3. The predicted octanol–water partition coefficient (Wildman–Crippen LogP) is 1.41. The first-order valence-corrected chi connectivity index (χ1v) is 6.75. The van der Waals surface area contributed by atoms with E-state index in [1.165, 1.54) is 5.56 Å². The molecule has 0 bridgehead atoms. The van der Waals surface area contributed by atoms with Crippen molar-refractivity contribution in [2.75, 3.05) is 25.1 Å². The number of piperazine rings is 1. The molecule has 19 heavy (non-hydrogen) atoms. The molecule has 0 spiro atoms. The summed E-state index contributed by atoms with van der Waals surface area (Å²) in [6.07, 6.45) is 0.476. The van der Waals surface area contributed by atoms with Gasteiger partial charge >= 0.3 is 0 Å². The van der Waals surface area contributed by atoms with E-state index in [-0.39, 0.29) is 24.6 Å². The Balaban J connectivity index is 2.29. The zero-order valence-electron chi connectivity index (χ0n) is 11.8. The minimum atomic E-state index is -0.256. The lowest BCUT2D eigenvalue weighted by molar-refractivity contribution is -0.135. The summed E-state index contributed by atoms with van der Waals surface area (Å²) in [6, 6.07) is 8.13. The van der Waals surface area contributed by atoms with Gasteiger partial charge in [0.2, 0.25) is 5.91 Å². The highest BCUT2D eigenvalue weighted by Crippen LogP contribution is 2.25. The van der Waals surface area contributed by atoms with Crippen LogP contribution in [0, 0.1) is 6.92 Å². The topological polar surface area (TPSA) is 43.8 Å². The van der Waals surface area contributed by atoms with E-state index >= 15 is 0 Å². The second-order valence-electron chi connectivity index (χ2n) is 5.31. The molecular formula is C15H22N2O2. The fourth-order valence-corrected chi connectivity index (χ4v) is 2.54. The van der Waals surface area contributed by atoms with Crippen LogP contribution in [0.3, 0.4) is 0 Å². The molecule has 0 saturated carbocycles. The number of carbonyl (C=O) groups is 1. The monoisotopic (exact) mass is 262 g/mol. The lowest BCUT2D eigenvalue weighted by atomic mass is 10.0. The van der Waals surface area contributed by atoms with Crippen molar-refractivity contribution in [2.45, 2.75) is 32.4 Å². The van der Waals surface area contributed by atoms with Gasteiger partial charge in [0.05, 0.1) is 0 Å². The lowest BCUT2D eigenvalue weighted by Gasteiger charge is -2.44. The Morgan fingerprint density at radius 3 is 2.53 bits per heavy atom. The van der Waals surface area contributed by atoms with Gasteiger partial charge in [-0.25, -0.2) is 0 Å². The number of hydrogen-bond acceptors (Lipinski definition) is 3. The molecule has 4 heteroatoms. The average molecular weight is 262 g/mol. The van der Waals surface area contributed by atoms with E-state index in [4.69, 9.17) is 0 Å². The minimum absolute atomic E-state index is 0.0288. The van der Waals surface area contributed by atoms with Gasteiger partial charge in [-0.3, -0.25) is 4.79 Å². The molecule has 1 aromatic rings. The minimum Gasteiger partial charge on any atom is -0.396 e. The van der Waals surface area contributed by atoms with E-state index in [1.807, 2.05) is 33.0 Å². The van der Waals surface area contributed by atoms with Crippen molar-refractivity contribution in [3.63, 3.8) is 0 Å². The van der Waals surface area contributed by atoms with Gasteiger partial charge < -0.3 is 14.9 Å². The molecule has 2 atom stereocenters. The van der Waals surface area contributed by atoms with E-state index in [9.17, 15) is 9.90 Å². The molecule has 1 amide bonds. The molecule has 0 aromatic heterocycles. The SMILES string of the molecule is Cc1ccc(N2CC(C)N(C)C(=O)C2CCO)cc1.